The molecule has 19 heavy (non-hydrogen) atoms. The maximum atomic E-state index is 12.6. The van der Waals surface area contributed by atoms with Gasteiger partial charge in [-0.15, -0.1) is 0 Å². The van der Waals surface area contributed by atoms with Crippen molar-refractivity contribution in [2.24, 2.45) is 5.92 Å². The molecule has 0 radical (unpaired) electrons. The van der Waals surface area contributed by atoms with Crippen LogP contribution in [-0.2, 0) is 9.59 Å². The molecule has 5 heteroatoms. The number of piperazine rings is 1. The first-order chi connectivity index (χ1) is 8.86. The fraction of sp³-hybridized carbons (Fsp3) is 0.857. The molecule has 0 spiro atoms. The fourth-order valence-corrected chi connectivity index (χ4v) is 2.82. The van der Waals surface area contributed by atoms with Crippen LogP contribution in [0.4, 0.5) is 0 Å². The van der Waals surface area contributed by atoms with Crippen LogP contribution < -0.4 is 5.32 Å². The van der Waals surface area contributed by atoms with Crippen molar-refractivity contribution in [2.45, 2.75) is 52.1 Å². The van der Waals surface area contributed by atoms with Gasteiger partial charge in [-0.05, 0) is 31.9 Å². The number of amides is 2. The molecule has 0 aliphatic carbocycles. The summed E-state index contributed by atoms with van der Waals surface area (Å²) in [6.07, 6.45) is 3.37. The van der Waals surface area contributed by atoms with E-state index in [0.717, 1.165) is 5.75 Å². The Labute approximate surface area is 120 Å². The largest absolute Gasteiger partial charge is 0.342 e. The van der Waals surface area contributed by atoms with Gasteiger partial charge in [0.2, 0.25) is 11.8 Å². The third-order valence-electron chi connectivity index (χ3n) is 3.87. The first-order valence-electron chi connectivity index (χ1n) is 6.98. The van der Waals surface area contributed by atoms with Gasteiger partial charge < -0.3 is 10.2 Å². The van der Waals surface area contributed by atoms with Crippen molar-refractivity contribution in [3.63, 3.8) is 0 Å². The molecule has 1 rings (SSSR count). The summed E-state index contributed by atoms with van der Waals surface area (Å²) in [5.74, 6) is 1.32. The molecule has 0 bridgehead atoms. The second-order valence-electron chi connectivity index (χ2n) is 5.77. The lowest BCUT2D eigenvalue weighted by Gasteiger charge is -2.46. The Kier molecular flexibility index (Phi) is 5.71. The molecule has 1 fully saturated rings. The number of carbonyl (C=O) groups is 2. The van der Waals surface area contributed by atoms with Gasteiger partial charge in [0.1, 0.15) is 11.6 Å². The minimum absolute atomic E-state index is 0.0126. The van der Waals surface area contributed by atoms with Gasteiger partial charge in [-0.3, -0.25) is 9.59 Å². The molecule has 0 saturated carbocycles. The van der Waals surface area contributed by atoms with E-state index >= 15 is 0 Å². The van der Waals surface area contributed by atoms with Gasteiger partial charge in [0, 0.05) is 12.3 Å². The molecule has 0 aromatic heterocycles. The Morgan fingerprint density at radius 1 is 1.42 bits per heavy atom. The van der Waals surface area contributed by atoms with Crippen LogP contribution in [-0.4, -0.2) is 46.8 Å². The predicted octanol–water partition coefficient (Wildman–Crippen LogP) is 1.89. The van der Waals surface area contributed by atoms with Crippen LogP contribution >= 0.6 is 11.8 Å². The standard InChI is InChI=1S/C14H26N2O2S/c1-6-14(4)13(18)15-11(9-10(2)3)12(17)16(14)7-8-19-5/h10-11H,6-9H2,1-5H3,(H,15,18). The molecule has 2 unspecified atom stereocenters. The molecule has 1 N–H and O–H groups in total. The average Bonchev–Trinajstić information content (AvgIpc) is 2.35. The first-order valence-corrected chi connectivity index (χ1v) is 8.37. The van der Waals surface area contributed by atoms with Crippen molar-refractivity contribution in [1.29, 1.82) is 0 Å². The molecule has 1 aliphatic heterocycles. The van der Waals surface area contributed by atoms with Crippen LogP contribution in [0.5, 0.6) is 0 Å². The van der Waals surface area contributed by atoms with Gasteiger partial charge in [-0.1, -0.05) is 20.8 Å². The SMILES string of the molecule is CCC1(C)C(=O)NC(CC(C)C)C(=O)N1CCSC. The maximum Gasteiger partial charge on any atom is 0.246 e. The number of hydrogen-bond donors (Lipinski definition) is 1. The highest BCUT2D eigenvalue weighted by atomic mass is 32.2. The monoisotopic (exact) mass is 286 g/mol. The van der Waals surface area contributed by atoms with Crippen LogP contribution in [0.3, 0.4) is 0 Å². The quantitative estimate of drug-likeness (QED) is 0.811. The van der Waals surface area contributed by atoms with Gasteiger partial charge >= 0.3 is 0 Å². The number of carbonyl (C=O) groups excluding carboxylic acids is 2. The van der Waals surface area contributed by atoms with Crippen LogP contribution in [0.2, 0.25) is 0 Å². The summed E-state index contributed by atoms with van der Waals surface area (Å²) in [6.45, 7) is 8.61. The third kappa shape index (κ3) is 3.44. The molecule has 2 amide bonds. The maximum absolute atomic E-state index is 12.6. The zero-order valence-electron chi connectivity index (χ0n) is 12.7. The minimum Gasteiger partial charge on any atom is -0.342 e. The lowest BCUT2D eigenvalue weighted by Crippen LogP contribution is -2.69. The predicted molar refractivity (Wildman–Crippen MR) is 80.2 cm³/mol. The lowest BCUT2D eigenvalue weighted by atomic mass is 9.88. The first kappa shape index (κ1) is 16.3. The molecule has 1 aliphatic rings. The van der Waals surface area contributed by atoms with Crippen LogP contribution in [0.25, 0.3) is 0 Å². The Morgan fingerprint density at radius 3 is 2.53 bits per heavy atom. The smallest absolute Gasteiger partial charge is 0.246 e. The van der Waals surface area contributed by atoms with Gasteiger partial charge in [-0.2, -0.15) is 11.8 Å². The highest BCUT2D eigenvalue weighted by Crippen LogP contribution is 2.27. The summed E-state index contributed by atoms with van der Waals surface area (Å²) in [5, 5.41) is 2.91. The van der Waals surface area contributed by atoms with Crippen molar-refractivity contribution in [2.75, 3.05) is 18.6 Å². The van der Waals surface area contributed by atoms with Gasteiger partial charge in [0.25, 0.3) is 0 Å². The number of thioether (sulfide) groups is 1. The zero-order chi connectivity index (χ0) is 14.6. The van der Waals surface area contributed by atoms with E-state index in [1.165, 1.54) is 0 Å². The van der Waals surface area contributed by atoms with Crippen molar-refractivity contribution in [3.05, 3.63) is 0 Å². The molecule has 2 atom stereocenters. The van der Waals surface area contributed by atoms with Crippen LogP contribution in [0.1, 0.15) is 40.5 Å². The summed E-state index contributed by atoms with van der Waals surface area (Å²) < 4.78 is 0. The second-order valence-corrected chi connectivity index (χ2v) is 6.75. The molecular weight excluding hydrogens is 260 g/mol. The van der Waals surface area contributed by atoms with E-state index in [2.05, 4.69) is 19.2 Å². The summed E-state index contributed by atoms with van der Waals surface area (Å²) >= 11 is 1.70. The summed E-state index contributed by atoms with van der Waals surface area (Å²) in [5.41, 5.74) is -0.694. The summed E-state index contributed by atoms with van der Waals surface area (Å²) in [6, 6.07) is -0.353. The average molecular weight is 286 g/mol. The van der Waals surface area contributed by atoms with Gasteiger partial charge in [0.05, 0.1) is 0 Å². The molecule has 4 nitrogen and oxygen atoms in total. The minimum atomic E-state index is -0.694. The van der Waals surface area contributed by atoms with E-state index in [4.69, 9.17) is 0 Å². The Balaban J connectivity index is 2.95. The van der Waals surface area contributed by atoms with Crippen molar-refractivity contribution in [1.82, 2.24) is 10.2 Å². The zero-order valence-corrected chi connectivity index (χ0v) is 13.5. The molecule has 1 saturated heterocycles. The highest BCUT2D eigenvalue weighted by molar-refractivity contribution is 7.98. The molecule has 1 heterocycles. The van der Waals surface area contributed by atoms with E-state index < -0.39 is 5.54 Å². The van der Waals surface area contributed by atoms with Crippen LogP contribution in [0, 0.1) is 5.92 Å². The highest BCUT2D eigenvalue weighted by Gasteiger charge is 2.47. The summed E-state index contributed by atoms with van der Waals surface area (Å²) in [4.78, 5) is 26.7. The van der Waals surface area contributed by atoms with E-state index in [0.29, 0.717) is 25.3 Å². The van der Waals surface area contributed by atoms with E-state index in [1.54, 1.807) is 16.7 Å². The normalized spacial score (nSPS) is 27.9. The van der Waals surface area contributed by atoms with Crippen molar-refractivity contribution >= 4 is 23.6 Å². The number of nitrogens with one attached hydrogen (secondary N) is 1. The van der Waals surface area contributed by atoms with Crippen LogP contribution in [0.15, 0.2) is 0 Å². The molecule has 0 aromatic carbocycles. The summed E-state index contributed by atoms with van der Waals surface area (Å²) in [7, 11) is 0. The third-order valence-corrected chi connectivity index (χ3v) is 4.46. The van der Waals surface area contributed by atoms with Gasteiger partial charge in [0.15, 0.2) is 0 Å². The Bertz CT molecular complexity index is 346. The van der Waals surface area contributed by atoms with E-state index in [9.17, 15) is 9.59 Å². The van der Waals surface area contributed by atoms with Gasteiger partial charge in [-0.25, -0.2) is 0 Å². The van der Waals surface area contributed by atoms with Crippen molar-refractivity contribution in [3.8, 4) is 0 Å². The number of rotatable bonds is 6. The lowest BCUT2D eigenvalue weighted by molar-refractivity contribution is -0.156. The van der Waals surface area contributed by atoms with Crippen molar-refractivity contribution < 1.29 is 9.59 Å². The fourth-order valence-electron chi connectivity index (χ4n) is 2.45. The Morgan fingerprint density at radius 2 is 2.05 bits per heavy atom. The number of hydrogen-bond acceptors (Lipinski definition) is 3. The second kappa shape index (κ2) is 6.64. The number of nitrogens with zero attached hydrogens (tertiary/aromatic N) is 1. The molecule has 110 valence electrons. The molecule has 0 aromatic rings. The molecular formula is C14H26N2O2S. The van der Waals surface area contributed by atoms with E-state index in [-0.39, 0.29) is 17.9 Å². The Hall–Kier alpha value is -0.710. The van der Waals surface area contributed by atoms with E-state index in [1.807, 2.05) is 20.1 Å². The topological polar surface area (TPSA) is 49.4 Å².